The predicted molar refractivity (Wildman–Crippen MR) is 117 cm³/mol. The molecule has 0 saturated carbocycles. The van der Waals surface area contributed by atoms with Crippen LogP contribution in [0.15, 0.2) is 72.8 Å². The molecule has 1 aromatic heterocycles. The Morgan fingerprint density at radius 2 is 1.53 bits per heavy atom. The summed E-state index contributed by atoms with van der Waals surface area (Å²) < 4.78 is 0. The zero-order chi connectivity index (χ0) is 20.9. The molecule has 1 aliphatic rings. The van der Waals surface area contributed by atoms with Gasteiger partial charge in [-0.05, 0) is 43.4 Å². The second-order valence-electron chi connectivity index (χ2n) is 7.40. The number of hydrogen-bond donors (Lipinski definition) is 1. The van der Waals surface area contributed by atoms with Crippen LogP contribution in [0.2, 0.25) is 0 Å². The van der Waals surface area contributed by atoms with E-state index in [2.05, 4.69) is 22.2 Å². The van der Waals surface area contributed by atoms with Gasteiger partial charge in [-0.15, -0.1) is 0 Å². The number of benzene rings is 2. The number of rotatable bonds is 4. The average molecular weight is 400 g/mol. The number of carbonyl (C=O) groups excluding carboxylic acids is 2. The standard InChI is InChI=1S/C24H24N4O2/c1-27-14-16-28(17-15-27)24(30)19-12-10-18(11-13-19)21-8-5-9-22(26-21)23(29)25-20-6-3-2-4-7-20/h2-13H,14-17H2,1H3,(H,25,29). The lowest BCUT2D eigenvalue weighted by molar-refractivity contribution is 0.0664. The van der Waals surface area contributed by atoms with Gasteiger partial charge in [0.2, 0.25) is 0 Å². The Morgan fingerprint density at radius 1 is 0.833 bits per heavy atom. The average Bonchev–Trinajstić information content (AvgIpc) is 2.80. The van der Waals surface area contributed by atoms with Crippen molar-refractivity contribution >= 4 is 17.5 Å². The van der Waals surface area contributed by atoms with Gasteiger partial charge in [0.1, 0.15) is 5.69 Å². The summed E-state index contributed by atoms with van der Waals surface area (Å²) in [6.45, 7) is 3.28. The third-order valence-electron chi connectivity index (χ3n) is 5.23. The highest BCUT2D eigenvalue weighted by molar-refractivity contribution is 6.03. The Morgan fingerprint density at radius 3 is 2.23 bits per heavy atom. The molecule has 6 heteroatoms. The van der Waals surface area contributed by atoms with Gasteiger partial charge in [-0.1, -0.05) is 36.4 Å². The van der Waals surface area contributed by atoms with E-state index < -0.39 is 0 Å². The number of amides is 2. The largest absolute Gasteiger partial charge is 0.336 e. The highest BCUT2D eigenvalue weighted by Gasteiger charge is 2.20. The fourth-order valence-electron chi connectivity index (χ4n) is 3.41. The lowest BCUT2D eigenvalue weighted by Gasteiger charge is -2.32. The second kappa shape index (κ2) is 8.88. The fourth-order valence-corrected chi connectivity index (χ4v) is 3.41. The van der Waals surface area contributed by atoms with E-state index in [1.165, 1.54) is 0 Å². The molecule has 0 atom stereocenters. The molecule has 1 aliphatic heterocycles. The molecule has 0 radical (unpaired) electrons. The predicted octanol–water partition coefficient (Wildman–Crippen LogP) is 3.39. The smallest absolute Gasteiger partial charge is 0.274 e. The molecule has 1 saturated heterocycles. The molecule has 30 heavy (non-hydrogen) atoms. The van der Waals surface area contributed by atoms with Crippen molar-refractivity contribution in [2.45, 2.75) is 0 Å². The van der Waals surface area contributed by atoms with Crippen LogP contribution in [-0.4, -0.2) is 59.8 Å². The van der Waals surface area contributed by atoms with Crippen LogP contribution in [0, 0.1) is 0 Å². The number of carbonyl (C=O) groups is 2. The van der Waals surface area contributed by atoms with Crippen LogP contribution in [0.25, 0.3) is 11.3 Å². The monoisotopic (exact) mass is 400 g/mol. The van der Waals surface area contributed by atoms with Crippen molar-refractivity contribution < 1.29 is 9.59 Å². The first-order valence-corrected chi connectivity index (χ1v) is 10.0. The summed E-state index contributed by atoms with van der Waals surface area (Å²) in [5.74, 6) is -0.205. The Hall–Kier alpha value is -3.51. The molecule has 0 aliphatic carbocycles. The molecular formula is C24H24N4O2. The zero-order valence-electron chi connectivity index (χ0n) is 16.9. The topological polar surface area (TPSA) is 65.5 Å². The molecule has 1 N–H and O–H groups in total. The van der Waals surface area contributed by atoms with Crippen molar-refractivity contribution in [3.05, 3.63) is 84.1 Å². The second-order valence-corrected chi connectivity index (χ2v) is 7.40. The maximum atomic E-state index is 12.7. The van der Waals surface area contributed by atoms with E-state index in [0.29, 0.717) is 17.0 Å². The summed E-state index contributed by atoms with van der Waals surface area (Å²) in [5, 5.41) is 2.85. The first-order valence-electron chi connectivity index (χ1n) is 10.0. The summed E-state index contributed by atoms with van der Waals surface area (Å²) in [7, 11) is 2.07. The molecule has 2 aromatic carbocycles. The van der Waals surface area contributed by atoms with E-state index in [1.807, 2.05) is 71.6 Å². The Balaban J connectivity index is 1.47. The summed E-state index contributed by atoms with van der Waals surface area (Å²) in [4.78, 5) is 33.8. The number of likely N-dealkylation sites (N-methyl/N-ethyl adjacent to an activating group) is 1. The molecule has 6 nitrogen and oxygen atoms in total. The number of nitrogens with zero attached hydrogens (tertiary/aromatic N) is 3. The maximum absolute atomic E-state index is 12.7. The van der Waals surface area contributed by atoms with Crippen LogP contribution in [0.1, 0.15) is 20.8 Å². The number of pyridine rings is 1. The van der Waals surface area contributed by atoms with Gasteiger partial charge in [-0.3, -0.25) is 9.59 Å². The summed E-state index contributed by atoms with van der Waals surface area (Å²) in [5.41, 5.74) is 3.28. The van der Waals surface area contributed by atoms with Gasteiger partial charge in [0.25, 0.3) is 11.8 Å². The molecule has 0 spiro atoms. The Labute approximate surface area is 176 Å². The minimum absolute atomic E-state index is 0.0543. The molecule has 0 bridgehead atoms. The minimum atomic E-state index is -0.259. The van der Waals surface area contributed by atoms with Crippen molar-refractivity contribution in [1.82, 2.24) is 14.8 Å². The van der Waals surface area contributed by atoms with Crippen molar-refractivity contribution in [3.8, 4) is 11.3 Å². The third-order valence-corrected chi connectivity index (χ3v) is 5.23. The molecule has 3 aromatic rings. The number of hydrogen-bond acceptors (Lipinski definition) is 4. The van der Waals surface area contributed by atoms with Crippen molar-refractivity contribution in [1.29, 1.82) is 0 Å². The van der Waals surface area contributed by atoms with Crippen molar-refractivity contribution in [3.63, 3.8) is 0 Å². The molecule has 2 heterocycles. The van der Waals surface area contributed by atoms with Gasteiger partial charge >= 0.3 is 0 Å². The zero-order valence-corrected chi connectivity index (χ0v) is 16.9. The summed E-state index contributed by atoms with van der Waals surface area (Å²) in [6, 6.07) is 22.1. The molecule has 4 rings (SSSR count). The SMILES string of the molecule is CN1CCN(C(=O)c2ccc(-c3cccc(C(=O)Nc4ccccc4)n3)cc2)CC1. The number of piperazine rings is 1. The van der Waals surface area contributed by atoms with Gasteiger partial charge in [0, 0.05) is 43.0 Å². The van der Waals surface area contributed by atoms with Crippen molar-refractivity contribution in [2.24, 2.45) is 0 Å². The van der Waals surface area contributed by atoms with E-state index in [-0.39, 0.29) is 11.8 Å². The van der Waals surface area contributed by atoms with Gasteiger partial charge in [0.15, 0.2) is 0 Å². The number of nitrogens with one attached hydrogen (secondary N) is 1. The fraction of sp³-hybridized carbons (Fsp3) is 0.208. The van der Waals surface area contributed by atoms with Crippen LogP contribution >= 0.6 is 0 Å². The van der Waals surface area contributed by atoms with Gasteiger partial charge in [0.05, 0.1) is 5.69 Å². The van der Waals surface area contributed by atoms with Crippen molar-refractivity contribution in [2.75, 3.05) is 38.5 Å². The highest BCUT2D eigenvalue weighted by Crippen LogP contribution is 2.20. The van der Waals surface area contributed by atoms with Gasteiger partial charge in [-0.25, -0.2) is 4.98 Å². The maximum Gasteiger partial charge on any atom is 0.274 e. The van der Waals surface area contributed by atoms with E-state index in [9.17, 15) is 9.59 Å². The van der Waals surface area contributed by atoms with E-state index in [0.717, 1.165) is 37.4 Å². The molecule has 2 amide bonds. The van der Waals surface area contributed by atoms with E-state index in [4.69, 9.17) is 0 Å². The van der Waals surface area contributed by atoms with E-state index >= 15 is 0 Å². The van der Waals surface area contributed by atoms with Crippen LogP contribution in [0.3, 0.4) is 0 Å². The quantitative estimate of drug-likeness (QED) is 0.729. The number of anilines is 1. The van der Waals surface area contributed by atoms with Gasteiger partial charge in [-0.2, -0.15) is 0 Å². The highest BCUT2D eigenvalue weighted by atomic mass is 16.2. The van der Waals surface area contributed by atoms with Crippen LogP contribution in [0.4, 0.5) is 5.69 Å². The summed E-state index contributed by atoms with van der Waals surface area (Å²) in [6.07, 6.45) is 0. The summed E-state index contributed by atoms with van der Waals surface area (Å²) >= 11 is 0. The lowest BCUT2D eigenvalue weighted by atomic mass is 10.1. The normalized spacial score (nSPS) is 14.4. The number of aromatic nitrogens is 1. The third kappa shape index (κ3) is 4.55. The molecule has 152 valence electrons. The lowest BCUT2D eigenvalue weighted by Crippen LogP contribution is -2.47. The van der Waals surface area contributed by atoms with Crippen LogP contribution in [0.5, 0.6) is 0 Å². The van der Waals surface area contributed by atoms with E-state index in [1.54, 1.807) is 6.07 Å². The van der Waals surface area contributed by atoms with Crippen LogP contribution in [-0.2, 0) is 0 Å². The Bertz CT molecular complexity index is 1030. The molecule has 1 fully saturated rings. The van der Waals surface area contributed by atoms with Crippen LogP contribution < -0.4 is 5.32 Å². The Kier molecular flexibility index (Phi) is 5.86. The molecular weight excluding hydrogens is 376 g/mol. The van der Waals surface area contributed by atoms with Gasteiger partial charge < -0.3 is 15.1 Å². The first kappa shape index (κ1) is 19.8. The first-order chi connectivity index (χ1) is 14.6. The molecule has 0 unspecified atom stereocenters. The minimum Gasteiger partial charge on any atom is -0.336 e. The number of para-hydroxylation sites is 1.